The van der Waals surface area contributed by atoms with Crippen molar-refractivity contribution in [2.24, 2.45) is 0 Å². The second-order valence-electron chi connectivity index (χ2n) is 5.43. The van der Waals surface area contributed by atoms with E-state index in [1.54, 1.807) is 6.07 Å². The van der Waals surface area contributed by atoms with Gasteiger partial charge in [-0.2, -0.15) is 0 Å². The van der Waals surface area contributed by atoms with Crippen LogP contribution in [0.5, 0.6) is 0 Å². The molecule has 2 aromatic rings. The van der Waals surface area contributed by atoms with Gasteiger partial charge in [0.05, 0.1) is 5.57 Å². The summed E-state index contributed by atoms with van der Waals surface area (Å²) < 4.78 is 0. The van der Waals surface area contributed by atoms with Crippen molar-refractivity contribution in [2.45, 2.75) is 20.3 Å². The van der Waals surface area contributed by atoms with Crippen LogP contribution in [0.3, 0.4) is 0 Å². The number of nitrogen functional groups attached to an aromatic ring is 1. The first-order valence-electron chi connectivity index (χ1n) is 7.36. The minimum Gasteiger partial charge on any atom is -0.399 e. The molecule has 4 N–H and O–H groups in total. The van der Waals surface area contributed by atoms with Crippen LogP contribution in [0.15, 0.2) is 48.2 Å². The van der Waals surface area contributed by atoms with Crippen LogP contribution in [0.2, 0.25) is 0 Å². The highest BCUT2D eigenvalue weighted by Gasteiger charge is 2.26. The van der Waals surface area contributed by atoms with E-state index < -0.39 is 0 Å². The predicted octanol–water partition coefficient (Wildman–Crippen LogP) is 3.63. The Bertz CT molecular complexity index is 760. The van der Waals surface area contributed by atoms with Crippen molar-refractivity contribution in [1.82, 2.24) is 0 Å². The van der Waals surface area contributed by atoms with Gasteiger partial charge < -0.3 is 16.4 Å². The van der Waals surface area contributed by atoms with Gasteiger partial charge in [-0.1, -0.05) is 19.1 Å². The summed E-state index contributed by atoms with van der Waals surface area (Å²) in [5, 5.41) is 6.17. The number of carbonyl (C=O) groups excluding carboxylic acids is 1. The number of rotatable bonds is 3. The second-order valence-corrected chi connectivity index (χ2v) is 5.43. The number of allylic oxidation sites excluding steroid dienone is 1. The molecule has 1 amide bonds. The lowest BCUT2D eigenvalue weighted by Gasteiger charge is -2.10. The Balaban J connectivity index is 1.95. The van der Waals surface area contributed by atoms with E-state index in [9.17, 15) is 4.79 Å². The third kappa shape index (κ3) is 2.55. The molecule has 0 aliphatic carbocycles. The molecule has 1 heterocycles. The summed E-state index contributed by atoms with van der Waals surface area (Å²) in [5.74, 6) is -0.101. The summed E-state index contributed by atoms with van der Waals surface area (Å²) in [6.45, 7) is 4.03. The molecule has 4 nitrogen and oxygen atoms in total. The zero-order valence-corrected chi connectivity index (χ0v) is 12.7. The van der Waals surface area contributed by atoms with Crippen LogP contribution < -0.4 is 16.4 Å². The lowest BCUT2D eigenvalue weighted by atomic mass is 10.0. The van der Waals surface area contributed by atoms with Gasteiger partial charge in [0.25, 0.3) is 5.91 Å². The SMILES string of the molecule is CCc1ccc(N/C(C)=C2\C(=O)Nc3ccc(N)cc32)cc1. The first-order valence-corrected chi connectivity index (χ1v) is 7.36. The van der Waals surface area contributed by atoms with Crippen molar-refractivity contribution in [3.8, 4) is 0 Å². The Hall–Kier alpha value is -2.75. The smallest absolute Gasteiger partial charge is 0.258 e. The maximum Gasteiger partial charge on any atom is 0.258 e. The first-order chi connectivity index (χ1) is 10.6. The van der Waals surface area contributed by atoms with Crippen molar-refractivity contribution in [3.63, 3.8) is 0 Å². The lowest BCUT2D eigenvalue weighted by Crippen LogP contribution is -2.08. The van der Waals surface area contributed by atoms with Gasteiger partial charge in [0.2, 0.25) is 0 Å². The number of nitrogens with two attached hydrogens (primary N) is 1. The van der Waals surface area contributed by atoms with E-state index in [0.29, 0.717) is 11.3 Å². The minimum absolute atomic E-state index is 0.101. The molecule has 0 unspecified atom stereocenters. The van der Waals surface area contributed by atoms with Crippen LogP contribution >= 0.6 is 0 Å². The molecular weight excluding hydrogens is 274 g/mol. The van der Waals surface area contributed by atoms with E-state index in [0.717, 1.165) is 29.1 Å². The Morgan fingerprint density at radius 1 is 1.18 bits per heavy atom. The summed E-state index contributed by atoms with van der Waals surface area (Å²) in [5.41, 5.74) is 11.8. The molecule has 0 fully saturated rings. The number of fused-ring (bicyclic) bond motifs is 1. The monoisotopic (exact) mass is 293 g/mol. The number of benzene rings is 2. The maximum absolute atomic E-state index is 12.2. The highest BCUT2D eigenvalue weighted by molar-refractivity contribution is 6.32. The number of amides is 1. The highest BCUT2D eigenvalue weighted by atomic mass is 16.2. The van der Waals surface area contributed by atoms with Gasteiger partial charge >= 0.3 is 0 Å². The van der Waals surface area contributed by atoms with E-state index >= 15 is 0 Å². The van der Waals surface area contributed by atoms with Gasteiger partial charge in [0.15, 0.2) is 0 Å². The van der Waals surface area contributed by atoms with Crippen LogP contribution in [0.4, 0.5) is 17.1 Å². The molecular formula is C18H19N3O. The molecule has 22 heavy (non-hydrogen) atoms. The fraction of sp³-hybridized carbons (Fsp3) is 0.167. The van der Waals surface area contributed by atoms with Crippen molar-refractivity contribution in [3.05, 3.63) is 59.3 Å². The van der Waals surface area contributed by atoms with Crippen LogP contribution in [0.25, 0.3) is 5.57 Å². The molecule has 0 atom stereocenters. The predicted molar refractivity (Wildman–Crippen MR) is 91.5 cm³/mol. The Kier molecular flexibility index (Phi) is 3.59. The molecule has 1 aliphatic rings. The summed E-state index contributed by atoms with van der Waals surface area (Å²) in [7, 11) is 0. The Morgan fingerprint density at radius 2 is 1.91 bits per heavy atom. The molecule has 0 spiro atoms. The van der Waals surface area contributed by atoms with Crippen molar-refractivity contribution >= 4 is 28.5 Å². The van der Waals surface area contributed by atoms with E-state index in [-0.39, 0.29) is 5.91 Å². The number of hydrogen-bond acceptors (Lipinski definition) is 3. The third-order valence-electron chi connectivity index (χ3n) is 3.86. The normalized spacial score (nSPS) is 15.3. The molecule has 0 bridgehead atoms. The fourth-order valence-corrected chi connectivity index (χ4v) is 2.66. The number of nitrogens with one attached hydrogen (secondary N) is 2. The van der Waals surface area contributed by atoms with Crippen molar-refractivity contribution < 1.29 is 4.79 Å². The Labute approximate surface area is 130 Å². The van der Waals surface area contributed by atoms with Gasteiger partial charge in [-0.15, -0.1) is 0 Å². The van der Waals surface area contributed by atoms with Crippen molar-refractivity contribution in [2.75, 3.05) is 16.4 Å². The van der Waals surface area contributed by atoms with E-state index in [2.05, 4.69) is 29.7 Å². The molecule has 0 saturated carbocycles. The van der Waals surface area contributed by atoms with Crippen LogP contribution in [0, 0.1) is 0 Å². The molecule has 3 rings (SSSR count). The summed E-state index contributed by atoms with van der Waals surface area (Å²) in [4.78, 5) is 12.2. The largest absolute Gasteiger partial charge is 0.399 e. The zero-order chi connectivity index (χ0) is 15.7. The molecule has 1 aliphatic heterocycles. The maximum atomic E-state index is 12.2. The van der Waals surface area contributed by atoms with Gasteiger partial charge in [0.1, 0.15) is 0 Å². The van der Waals surface area contributed by atoms with E-state index in [4.69, 9.17) is 5.73 Å². The molecule has 0 aromatic heterocycles. The standard InChI is InChI=1S/C18H19N3O/c1-3-12-4-7-14(8-5-12)20-11(2)17-15-10-13(19)6-9-16(15)21-18(17)22/h4-10,20H,3,19H2,1-2H3,(H,21,22)/b17-11-. The van der Waals surface area contributed by atoms with Crippen LogP contribution in [-0.2, 0) is 11.2 Å². The molecule has 0 radical (unpaired) electrons. The quantitative estimate of drug-likeness (QED) is 0.598. The van der Waals surface area contributed by atoms with E-state index in [1.165, 1.54) is 5.56 Å². The first kappa shape index (κ1) is 14.2. The number of anilines is 3. The van der Waals surface area contributed by atoms with Crippen LogP contribution in [-0.4, -0.2) is 5.91 Å². The molecule has 0 saturated heterocycles. The number of hydrogen-bond donors (Lipinski definition) is 3. The minimum atomic E-state index is -0.101. The third-order valence-corrected chi connectivity index (χ3v) is 3.86. The van der Waals surface area contributed by atoms with E-state index in [1.807, 2.05) is 31.2 Å². The van der Waals surface area contributed by atoms with Crippen LogP contribution in [0.1, 0.15) is 25.0 Å². The lowest BCUT2D eigenvalue weighted by molar-refractivity contribution is -0.110. The van der Waals surface area contributed by atoms with Gasteiger partial charge in [-0.3, -0.25) is 4.79 Å². The van der Waals surface area contributed by atoms with Gasteiger partial charge in [-0.25, -0.2) is 0 Å². The number of aryl methyl sites for hydroxylation is 1. The summed E-state index contributed by atoms with van der Waals surface area (Å²) in [6.07, 6.45) is 1.01. The summed E-state index contributed by atoms with van der Waals surface area (Å²) >= 11 is 0. The molecule has 4 heteroatoms. The topological polar surface area (TPSA) is 67.2 Å². The molecule has 2 aromatic carbocycles. The number of carbonyl (C=O) groups is 1. The zero-order valence-electron chi connectivity index (χ0n) is 12.7. The van der Waals surface area contributed by atoms with Crippen molar-refractivity contribution in [1.29, 1.82) is 0 Å². The second kappa shape index (κ2) is 5.56. The average Bonchev–Trinajstić information content (AvgIpc) is 2.83. The Morgan fingerprint density at radius 3 is 2.59 bits per heavy atom. The fourth-order valence-electron chi connectivity index (χ4n) is 2.66. The molecule has 112 valence electrons. The van der Waals surface area contributed by atoms with Gasteiger partial charge in [0, 0.05) is 28.3 Å². The highest BCUT2D eigenvalue weighted by Crippen LogP contribution is 2.35. The average molecular weight is 293 g/mol. The van der Waals surface area contributed by atoms with Gasteiger partial charge in [-0.05, 0) is 49.2 Å². The summed E-state index contributed by atoms with van der Waals surface area (Å²) in [6, 6.07) is 13.7.